The number of halogens is 2. The SMILES string of the molecule is CC(=O)O[C@H]1C(=O)[C@@]2(C)C([C@H](OC(=O)c3ccccc3)[C@]3(O)CC(OC(=O)C(O)C(NC(=O)c4ccccc4)c4ccccc4)C(C)=C1C3(C)C)[C@]1(OC(C)=O)CO[C@@H]1C[C@@H]2OC(=O)CCNC(=O)c1ccc(-c2c3cc(F)c(=O)cc-3oc3cc(O)c(F)cc23)c(C(=O)O)c1. The van der Waals surface area contributed by atoms with E-state index in [0.717, 1.165) is 44.2 Å². The van der Waals surface area contributed by atoms with Gasteiger partial charge in [-0.05, 0) is 84.7 Å². The number of carboxylic acid groups (broad SMARTS) is 1. The molecule has 2 aliphatic heterocycles. The largest absolute Gasteiger partial charge is 0.505 e. The van der Waals surface area contributed by atoms with E-state index in [4.69, 9.17) is 32.8 Å². The number of aliphatic hydroxyl groups is 2. The molecule has 23 nitrogen and oxygen atoms in total. The molecule has 2 amide bonds. The summed E-state index contributed by atoms with van der Waals surface area (Å²) in [5.74, 6) is -15.1. The number of benzene rings is 6. The van der Waals surface area contributed by atoms with E-state index in [1.807, 2.05) is 0 Å². The number of aliphatic hydroxyl groups excluding tert-OH is 1. The lowest BCUT2D eigenvalue weighted by Gasteiger charge is -2.67. The molecule has 2 saturated carbocycles. The Balaban J connectivity index is 0.948. The number of phenols is 1. The van der Waals surface area contributed by atoms with Crippen LogP contribution >= 0.6 is 0 Å². The number of aromatic carboxylic acids is 1. The lowest BCUT2D eigenvalue weighted by atomic mass is 9.44. The average Bonchev–Trinajstić information content (AvgIpc) is 0.668. The van der Waals surface area contributed by atoms with Crippen LogP contribution < -0.4 is 16.1 Å². The van der Waals surface area contributed by atoms with Gasteiger partial charge in [0.1, 0.15) is 41.4 Å². The van der Waals surface area contributed by atoms with Crippen molar-refractivity contribution in [1.82, 2.24) is 10.6 Å². The maximum atomic E-state index is 16.5. The van der Waals surface area contributed by atoms with Crippen LogP contribution in [0.15, 0.2) is 154 Å². The molecule has 0 aromatic heterocycles. The topological polar surface area (TPSA) is 344 Å². The number of nitrogens with one attached hydrogen (secondary N) is 2. The Hall–Kier alpha value is -10.5. The molecule has 0 spiro atoms. The van der Waals surface area contributed by atoms with Crippen molar-refractivity contribution < 1.29 is 105 Å². The first-order valence-corrected chi connectivity index (χ1v) is 30.5. The number of rotatable bonds is 17. The number of ketones is 1. The van der Waals surface area contributed by atoms with Gasteiger partial charge < -0.3 is 63.9 Å². The number of carboxylic acids is 1. The van der Waals surface area contributed by atoms with Crippen LogP contribution in [0.2, 0.25) is 0 Å². The zero-order chi connectivity index (χ0) is 69.1. The minimum atomic E-state index is -2.63. The summed E-state index contributed by atoms with van der Waals surface area (Å²) in [5.41, 5.74) is -11.3. The summed E-state index contributed by atoms with van der Waals surface area (Å²) in [4.78, 5) is 141. The highest BCUT2D eigenvalue weighted by atomic mass is 19.1. The van der Waals surface area contributed by atoms with Gasteiger partial charge >= 0.3 is 35.8 Å². The highest BCUT2D eigenvalue weighted by molar-refractivity contribution is 6.09. The van der Waals surface area contributed by atoms with Crippen LogP contribution in [0.1, 0.15) is 114 Å². The summed E-state index contributed by atoms with van der Waals surface area (Å²) < 4.78 is 73.0. The minimum Gasteiger partial charge on any atom is -0.505 e. The quantitative estimate of drug-likeness (QED) is 0.0220. The minimum absolute atomic E-state index is 0.0261. The number of carbonyl (C=O) groups excluding carboxylic acids is 8. The molecule has 11 rings (SSSR count). The second kappa shape index (κ2) is 25.7. The molecule has 1 saturated heterocycles. The summed E-state index contributed by atoms with van der Waals surface area (Å²) in [6, 6.07) is 28.6. The van der Waals surface area contributed by atoms with Crippen molar-refractivity contribution in [1.29, 1.82) is 0 Å². The smallest absolute Gasteiger partial charge is 0.338 e. The Bertz CT molecular complexity index is 4400. The van der Waals surface area contributed by atoms with E-state index in [0.29, 0.717) is 0 Å². The van der Waals surface area contributed by atoms with Gasteiger partial charge in [0.2, 0.25) is 5.43 Å². The molecular weight excluding hydrogens is 1250 g/mol. The van der Waals surface area contributed by atoms with Crippen LogP contribution in [0, 0.1) is 28.4 Å². The van der Waals surface area contributed by atoms with Crippen molar-refractivity contribution in [3.63, 3.8) is 0 Å². The van der Waals surface area contributed by atoms with Gasteiger partial charge in [-0.3, -0.25) is 33.6 Å². The lowest BCUT2D eigenvalue weighted by molar-refractivity contribution is -0.346. The first kappa shape index (κ1) is 66.9. The first-order chi connectivity index (χ1) is 45.5. The van der Waals surface area contributed by atoms with Crippen molar-refractivity contribution in [3.05, 3.63) is 194 Å². The Morgan fingerprint density at radius 1 is 0.740 bits per heavy atom. The van der Waals surface area contributed by atoms with Crippen molar-refractivity contribution in [2.24, 2.45) is 16.7 Å². The number of ether oxygens (including phenoxy) is 6. The molecular formula is C71H64F2N2O21. The molecule has 5 aromatic rings. The molecule has 0 radical (unpaired) electrons. The molecule has 25 heteroatoms. The third-order valence-electron chi connectivity index (χ3n) is 19.0. The predicted octanol–water partition coefficient (Wildman–Crippen LogP) is 7.67. The summed E-state index contributed by atoms with van der Waals surface area (Å²) >= 11 is 0. The first-order valence-electron chi connectivity index (χ1n) is 30.5. The molecule has 2 heterocycles. The number of Topliss-reactive ketones (excluding diaryl/α,β-unsaturated/α-hetero) is 1. The fraction of sp³-hybridized carbons (Fsp3) is 0.324. The third kappa shape index (κ3) is 11.8. The van der Waals surface area contributed by atoms with Gasteiger partial charge in [0, 0.05) is 78.4 Å². The fourth-order valence-electron chi connectivity index (χ4n) is 14.2. The maximum Gasteiger partial charge on any atom is 0.338 e. The van der Waals surface area contributed by atoms with Crippen LogP contribution in [-0.2, 0) is 52.4 Å². The van der Waals surface area contributed by atoms with Gasteiger partial charge in [0.25, 0.3) is 11.8 Å². The monoisotopic (exact) mass is 1320 g/mol. The van der Waals surface area contributed by atoms with Gasteiger partial charge in [-0.1, -0.05) is 86.6 Å². The highest BCUT2D eigenvalue weighted by Gasteiger charge is 2.79. The number of aromatic hydroxyl groups is 1. The van der Waals surface area contributed by atoms with Crippen LogP contribution in [0.4, 0.5) is 8.78 Å². The van der Waals surface area contributed by atoms with Crippen molar-refractivity contribution in [3.8, 4) is 28.2 Å². The predicted molar refractivity (Wildman–Crippen MR) is 332 cm³/mol. The number of fused-ring (bicyclic) bond motifs is 7. The maximum absolute atomic E-state index is 16.5. The van der Waals surface area contributed by atoms with Crippen LogP contribution in [0.25, 0.3) is 33.4 Å². The molecule has 6 aliphatic rings. The van der Waals surface area contributed by atoms with E-state index in [1.54, 1.807) is 54.6 Å². The average molecular weight is 1320 g/mol. The lowest BCUT2D eigenvalue weighted by Crippen LogP contribution is -2.82. The van der Waals surface area contributed by atoms with E-state index < -0.39 is 185 Å². The van der Waals surface area contributed by atoms with Gasteiger partial charge in [-0.25, -0.2) is 23.2 Å². The molecule has 2 bridgehead atoms. The van der Waals surface area contributed by atoms with E-state index in [9.17, 15) is 72.4 Å². The standard InChI is InChI=1S/C71H64F2N2O21/c1-34-51(93-67(88)58(81)57(37-16-10-7-11-17-37)75-64(84)38-18-12-8-13-19-38)32-71(89)62(95-66(87)39-20-14-9-15-21-39)60-69(6,61(82)59(91-35(2)76)56(34)68(71,4)5)52(31-53-70(60,33-90-53)96-36(3)77)94-54(80)24-25-74-63(83)40-22-23-41(42(26-40)65(85)86)55-43-27-45(72)47(78)29-49(43)92-50-30-48(79)46(73)28-44(50)55/h7-23,26-30,51-53,57-60,62,78,81,89H,24-25,31-33H2,1-6H3,(H,74,83)(H,75,84)(H,85,86)/t51?,52-,53+,57?,58?,59+,60?,62-,69+,70-,71+/m0/s1. The highest BCUT2D eigenvalue weighted by Crippen LogP contribution is 2.65. The summed E-state index contributed by atoms with van der Waals surface area (Å²) in [7, 11) is 0. The summed E-state index contributed by atoms with van der Waals surface area (Å²) in [6.45, 7) is 6.74. The van der Waals surface area contributed by atoms with Crippen LogP contribution in [-0.4, -0.2) is 135 Å². The van der Waals surface area contributed by atoms with Gasteiger partial charge in [-0.15, -0.1) is 0 Å². The molecule has 4 aliphatic carbocycles. The Morgan fingerprint density at radius 3 is 2.02 bits per heavy atom. The normalized spacial score (nSPS) is 24.6. The second-order valence-electron chi connectivity index (χ2n) is 24.9. The van der Waals surface area contributed by atoms with Crippen molar-refractivity contribution in [2.45, 2.75) is 115 Å². The van der Waals surface area contributed by atoms with Gasteiger partial charge in [0.15, 0.2) is 41.0 Å². The number of amides is 2. The van der Waals surface area contributed by atoms with E-state index in [1.165, 1.54) is 76.2 Å². The zero-order valence-electron chi connectivity index (χ0n) is 52.3. The van der Waals surface area contributed by atoms with Gasteiger partial charge in [0.05, 0.1) is 41.5 Å². The van der Waals surface area contributed by atoms with Crippen LogP contribution in [0.5, 0.6) is 5.75 Å². The fourth-order valence-corrected chi connectivity index (χ4v) is 14.2. The van der Waals surface area contributed by atoms with E-state index >= 15 is 4.79 Å². The number of phenolic OH excluding ortho intramolecular Hbond substituents is 1. The number of hydrogen-bond donors (Lipinski definition) is 6. The molecule has 4 unspecified atom stereocenters. The van der Waals surface area contributed by atoms with Gasteiger partial charge in [-0.2, -0.15) is 0 Å². The Morgan fingerprint density at radius 2 is 1.40 bits per heavy atom. The number of esters is 5. The molecule has 6 N–H and O–H groups in total. The molecule has 96 heavy (non-hydrogen) atoms. The second-order valence-corrected chi connectivity index (χ2v) is 24.9. The number of hydrogen-bond acceptors (Lipinski definition) is 20. The van der Waals surface area contributed by atoms with Crippen molar-refractivity contribution in [2.75, 3.05) is 13.2 Å². The Labute approximate surface area is 545 Å². The van der Waals surface area contributed by atoms with Crippen molar-refractivity contribution >= 4 is 64.4 Å². The number of carbonyl (C=O) groups is 9. The Kier molecular flexibility index (Phi) is 17.9. The summed E-state index contributed by atoms with van der Waals surface area (Å²) in [5, 5.41) is 52.1. The van der Waals surface area contributed by atoms with E-state index in [-0.39, 0.29) is 66.8 Å². The molecule has 11 atom stereocenters. The third-order valence-corrected chi connectivity index (χ3v) is 19.0. The molecule has 5 aromatic carbocycles. The van der Waals surface area contributed by atoms with Crippen LogP contribution in [0.3, 0.4) is 0 Å². The molecule has 3 fully saturated rings. The summed E-state index contributed by atoms with van der Waals surface area (Å²) in [6.07, 6.45) is -12.8. The zero-order valence-corrected chi connectivity index (χ0v) is 52.3. The molecule has 498 valence electrons. The van der Waals surface area contributed by atoms with E-state index in [2.05, 4.69) is 10.6 Å².